The Morgan fingerprint density at radius 1 is 1.21 bits per heavy atom. The molecule has 3 aromatic rings. The second kappa shape index (κ2) is 9.10. The lowest BCUT2D eigenvalue weighted by atomic mass is 10.3. The Morgan fingerprint density at radius 3 is 2.57 bits per heavy atom. The average molecular weight is 537 g/mol. The van der Waals surface area contributed by atoms with Crippen LogP contribution in [0.1, 0.15) is 30.2 Å². The number of hydrogen-bond donors (Lipinski definition) is 2. The van der Waals surface area contributed by atoms with E-state index in [4.69, 9.17) is 39.4 Å². The van der Waals surface area contributed by atoms with Crippen LogP contribution in [-0.2, 0) is 24.4 Å². The van der Waals surface area contributed by atoms with Crippen molar-refractivity contribution < 1.29 is 38.1 Å². The van der Waals surface area contributed by atoms with Crippen LogP contribution in [0, 0.1) is 0 Å². The van der Waals surface area contributed by atoms with Crippen molar-refractivity contribution in [3.05, 3.63) is 39.9 Å². The van der Waals surface area contributed by atoms with Gasteiger partial charge >= 0.3 is 5.97 Å². The molecule has 2 heterocycles. The average Bonchev–Trinajstić information content (AvgIpc) is 2.94. The molecule has 0 aliphatic rings. The van der Waals surface area contributed by atoms with Crippen LogP contribution in [0.4, 0.5) is 11.6 Å². The minimum Gasteiger partial charge on any atom is -1.00 e. The number of halogens is 3. The van der Waals surface area contributed by atoms with Crippen molar-refractivity contribution in [1.29, 1.82) is 0 Å². The fourth-order valence-corrected chi connectivity index (χ4v) is 3.31. The van der Waals surface area contributed by atoms with Gasteiger partial charge in [0.1, 0.15) is 0 Å². The monoisotopic (exact) mass is 536 g/mol. The van der Waals surface area contributed by atoms with Crippen LogP contribution >= 0.6 is 23.2 Å². The third-order valence-corrected chi connectivity index (χ3v) is 4.72. The third kappa shape index (κ3) is 4.11. The van der Waals surface area contributed by atoms with Gasteiger partial charge in [0.2, 0.25) is 0 Å². The van der Waals surface area contributed by atoms with E-state index in [2.05, 4.69) is 14.5 Å². The van der Waals surface area contributed by atoms with Crippen LogP contribution in [0.5, 0.6) is 0 Å². The maximum absolute atomic E-state index is 12.4. The first kappa shape index (κ1) is 22.4. The molecule has 1 aromatic carbocycles. The molecule has 0 aliphatic heterocycles. The number of carbonyl (C=O) groups excluding carboxylic acids is 1. The van der Waals surface area contributed by atoms with E-state index in [0.717, 1.165) is 16.9 Å². The number of nitrogens with two attached hydrogens (primary N) is 2. The van der Waals surface area contributed by atoms with Gasteiger partial charge in [0.05, 0.1) is 13.1 Å². The number of ether oxygens (including phenoxy) is 1. The van der Waals surface area contributed by atoms with Crippen molar-refractivity contribution >= 4 is 51.8 Å². The molecule has 3 rings (SSSR count). The summed E-state index contributed by atoms with van der Waals surface area (Å²) in [5, 5.41) is 0.540. The molecule has 0 radical (unpaired) electrons. The number of aromatic nitrogens is 4. The lowest BCUT2D eigenvalue weighted by molar-refractivity contribution is -0.678. The van der Waals surface area contributed by atoms with Crippen molar-refractivity contribution in [3.63, 3.8) is 0 Å². The zero-order chi connectivity index (χ0) is 19.7. The minimum atomic E-state index is -0.726. The molecule has 8 nitrogen and oxygen atoms in total. The van der Waals surface area contributed by atoms with E-state index in [1.54, 1.807) is 0 Å². The molecule has 2 aromatic heterocycles. The van der Waals surface area contributed by atoms with Crippen molar-refractivity contribution in [1.82, 2.24) is 14.5 Å². The van der Waals surface area contributed by atoms with Crippen LogP contribution in [0.3, 0.4) is 0 Å². The lowest BCUT2D eigenvalue weighted by Crippen LogP contribution is -3.00. The topological polar surface area (TPSA) is 113 Å². The van der Waals surface area contributed by atoms with Gasteiger partial charge in [-0.3, -0.25) is 0 Å². The molecule has 0 amide bonds. The summed E-state index contributed by atoms with van der Waals surface area (Å²) in [6.07, 6.45) is 0. The predicted molar refractivity (Wildman–Crippen MR) is 103 cm³/mol. The fraction of sp³-hybridized carbons (Fsp3) is 0.294. The highest BCUT2D eigenvalue weighted by molar-refractivity contribution is 6.31. The molecule has 0 aliphatic carbocycles. The standard InChI is InChI=1S/C17H18Cl2N6O2.HI/c1-3-24-10-6-5-9(18)7-11(10)25(4-2)12(24)8-27-17(26)13-15(20)23-16(21)14(19)22-13;/h5-7H,3-4,8H2,1-2H3,(H3-,20,21,23,26);1H. The van der Waals surface area contributed by atoms with E-state index in [1.807, 2.05) is 36.6 Å². The van der Waals surface area contributed by atoms with Crippen LogP contribution in [0.25, 0.3) is 11.0 Å². The van der Waals surface area contributed by atoms with Gasteiger partial charge in [0, 0.05) is 11.1 Å². The highest BCUT2D eigenvalue weighted by atomic mass is 127. The number of nitrogens with zero attached hydrogens (tertiary/aromatic N) is 4. The van der Waals surface area contributed by atoms with Crippen molar-refractivity contribution in [3.8, 4) is 0 Å². The summed E-state index contributed by atoms with van der Waals surface area (Å²) < 4.78 is 9.55. The molecule has 4 N–H and O–H groups in total. The summed E-state index contributed by atoms with van der Waals surface area (Å²) >= 11 is 12.0. The number of benzene rings is 1. The maximum atomic E-state index is 12.4. The molecule has 0 bridgehead atoms. The molecular weight excluding hydrogens is 518 g/mol. The van der Waals surface area contributed by atoms with Crippen LogP contribution in [-0.4, -0.2) is 20.5 Å². The van der Waals surface area contributed by atoms with E-state index in [0.29, 0.717) is 18.1 Å². The first-order valence-electron chi connectivity index (χ1n) is 8.33. The van der Waals surface area contributed by atoms with Gasteiger partial charge in [-0.15, -0.1) is 0 Å². The molecule has 0 fully saturated rings. The molecule has 0 atom stereocenters. The lowest BCUT2D eigenvalue weighted by Gasteiger charge is -2.07. The van der Waals surface area contributed by atoms with Crippen LogP contribution in [0.15, 0.2) is 18.2 Å². The number of rotatable bonds is 5. The van der Waals surface area contributed by atoms with E-state index in [9.17, 15) is 4.79 Å². The van der Waals surface area contributed by atoms with Crippen molar-refractivity contribution in [2.24, 2.45) is 0 Å². The fourth-order valence-electron chi connectivity index (χ4n) is 3.02. The van der Waals surface area contributed by atoms with Crippen molar-refractivity contribution in [2.75, 3.05) is 11.5 Å². The molecule has 0 spiro atoms. The Bertz CT molecular complexity index is 1040. The van der Waals surface area contributed by atoms with Crippen molar-refractivity contribution in [2.45, 2.75) is 33.5 Å². The number of carbonyl (C=O) groups is 1. The molecular formula is C17H19Cl2IN6O2. The Morgan fingerprint density at radius 2 is 1.93 bits per heavy atom. The van der Waals surface area contributed by atoms with Gasteiger partial charge < -0.3 is 40.2 Å². The van der Waals surface area contributed by atoms with E-state index >= 15 is 0 Å². The summed E-state index contributed by atoms with van der Waals surface area (Å²) in [4.78, 5) is 20.1. The Hall–Kier alpha value is -1.85. The van der Waals surface area contributed by atoms with E-state index in [-0.39, 0.29) is 53.1 Å². The first-order chi connectivity index (χ1) is 12.9. The summed E-state index contributed by atoms with van der Waals surface area (Å²) in [6, 6.07) is 5.67. The number of fused-ring (bicyclic) bond motifs is 1. The Labute approximate surface area is 188 Å². The summed E-state index contributed by atoms with van der Waals surface area (Å²) in [5.41, 5.74) is 13.0. The van der Waals surface area contributed by atoms with Crippen LogP contribution < -0.4 is 40.0 Å². The second-order valence-corrected chi connectivity index (χ2v) is 6.54. The Kier molecular flexibility index (Phi) is 7.29. The number of nitrogen functional groups attached to an aromatic ring is 2. The quantitative estimate of drug-likeness (QED) is 0.260. The third-order valence-electron chi connectivity index (χ3n) is 4.21. The van der Waals surface area contributed by atoms with E-state index < -0.39 is 5.97 Å². The second-order valence-electron chi connectivity index (χ2n) is 5.75. The van der Waals surface area contributed by atoms with Crippen LogP contribution in [0.2, 0.25) is 10.2 Å². The number of esters is 1. The van der Waals surface area contributed by atoms with Gasteiger partial charge in [-0.05, 0) is 26.0 Å². The zero-order valence-electron chi connectivity index (χ0n) is 15.2. The molecule has 0 saturated heterocycles. The van der Waals surface area contributed by atoms with Gasteiger partial charge in [-0.25, -0.2) is 23.9 Å². The Balaban J connectivity index is 0.00000280. The molecule has 28 heavy (non-hydrogen) atoms. The predicted octanol–water partition coefficient (Wildman–Crippen LogP) is -0.409. The highest BCUT2D eigenvalue weighted by Gasteiger charge is 2.26. The largest absolute Gasteiger partial charge is 1.00 e. The van der Waals surface area contributed by atoms with Gasteiger partial charge in [0.15, 0.2) is 40.1 Å². The van der Waals surface area contributed by atoms with Gasteiger partial charge in [0.25, 0.3) is 5.82 Å². The normalized spacial score (nSPS) is 10.7. The summed E-state index contributed by atoms with van der Waals surface area (Å²) in [5.74, 6) is -0.0835. The minimum absolute atomic E-state index is 0. The number of anilines is 2. The SMILES string of the molecule is CCn1c(COC(=O)c2nc(Cl)c(N)nc2N)[n+](CC)c2cc(Cl)ccc21.[I-]. The number of imidazole rings is 1. The molecule has 0 unspecified atom stereocenters. The highest BCUT2D eigenvalue weighted by Crippen LogP contribution is 2.21. The van der Waals surface area contributed by atoms with Gasteiger partial charge in [-0.2, -0.15) is 0 Å². The zero-order valence-corrected chi connectivity index (χ0v) is 18.9. The molecule has 11 heteroatoms. The first-order valence-corrected chi connectivity index (χ1v) is 9.09. The summed E-state index contributed by atoms with van der Waals surface area (Å²) in [6.45, 7) is 5.44. The maximum Gasteiger partial charge on any atom is 0.361 e. The molecule has 150 valence electrons. The van der Waals surface area contributed by atoms with E-state index in [1.165, 1.54) is 0 Å². The summed E-state index contributed by atoms with van der Waals surface area (Å²) in [7, 11) is 0. The van der Waals surface area contributed by atoms with Gasteiger partial charge in [-0.1, -0.05) is 23.2 Å². The number of aryl methyl sites for hydroxylation is 2. The number of hydrogen-bond acceptors (Lipinski definition) is 6. The molecule has 0 saturated carbocycles. The smallest absolute Gasteiger partial charge is 0.361 e.